The summed E-state index contributed by atoms with van der Waals surface area (Å²) in [6, 6.07) is 0. The fraction of sp³-hybridized carbons (Fsp3) is 0.556. The van der Waals surface area contributed by atoms with Crippen molar-refractivity contribution in [2.75, 3.05) is 6.61 Å². The lowest BCUT2D eigenvalue weighted by Gasteiger charge is -2.19. The molecule has 0 aromatic heterocycles. The zero-order valence-corrected chi connectivity index (χ0v) is 6.43. The number of aliphatic hydroxyl groups is 1. The Morgan fingerprint density at radius 2 is 2.40 bits per heavy atom. The molecular formula is C9H14O. The molecular weight excluding hydrogens is 124 g/mol. The highest BCUT2D eigenvalue weighted by atomic mass is 16.3. The van der Waals surface area contributed by atoms with Gasteiger partial charge in [-0.25, -0.2) is 0 Å². The molecule has 1 nitrogen and oxygen atoms in total. The summed E-state index contributed by atoms with van der Waals surface area (Å²) in [5, 5.41) is 8.86. The Morgan fingerprint density at radius 1 is 1.70 bits per heavy atom. The van der Waals surface area contributed by atoms with Gasteiger partial charge in [-0.05, 0) is 25.7 Å². The molecule has 1 aliphatic rings. The van der Waals surface area contributed by atoms with Crippen molar-refractivity contribution in [3.05, 3.63) is 23.8 Å². The summed E-state index contributed by atoms with van der Waals surface area (Å²) in [4.78, 5) is 0. The molecule has 1 aliphatic carbocycles. The first-order valence-corrected chi connectivity index (χ1v) is 3.68. The maximum absolute atomic E-state index is 8.86. The van der Waals surface area contributed by atoms with Crippen LogP contribution in [0.25, 0.3) is 0 Å². The highest BCUT2D eigenvalue weighted by Crippen LogP contribution is 2.25. The molecule has 56 valence electrons. The zero-order valence-electron chi connectivity index (χ0n) is 6.43. The van der Waals surface area contributed by atoms with Crippen LogP contribution in [0.5, 0.6) is 0 Å². The number of hydrogen-bond donors (Lipinski definition) is 1. The molecule has 0 aromatic rings. The number of rotatable bonds is 1. The quantitative estimate of drug-likeness (QED) is 0.586. The molecule has 1 heteroatoms. The Balaban J connectivity index is 2.60. The van der Waals surface area contributed by atoms with Crippen LogP contribution in [-0.4, -0.2) is 11.7 Å². The van der Waals surface area contributed by atoms with Gasteiger partial charge in [0.1, 0.15) is 0 Å². The lowest BCUT2D eigenvalue weighted by Crippen LogP contribution is -2.10. The van der Waals surface area contributed by atoms with Crippen LogP contribution in [0.2, 0.25) is 0 Å². The van der Waals surface area contributed by atoms with E-state index in [-0.39, 0.29) is 0 Å². The van der Waals surface area contributed by atoms with Crippen LogP contribution in [0, 0.1) is 5.92 Å². The van der Waals surface area contributed by atoms with Crippen LogP contribution in [0.15, 0.2) is 23.8 Å². The summed E-state index contributed by atoms with van der Waals surface area (Å²) in [5.74, 6) is 0.428. The minimum absolute atomic E-state index is 0.296. The molecule has 1 unspecified atom stereocenters. The summed E-state index contributed by atoms with van der Waals surface area (Å²) >= 11 is 0. The Bertz CT molecular complexity index is 168. The SMILES string of the molecule is C=C1C=C(C)CC(CO)C1. The van der Waals surface area contributed by atoms with Gasteiger partial charge in [-0.2, -0.15) is 0 Å². The van der Waals surface area contributed by atoms with E-state index in [0.717, 1.165) is 18.4 Å². The van der Waals surface area contributed by atoms with Gasteiger partial charge < -0.3 is 5.11 Å². The van der Waals surface area contributed by atoms with Gasteiger partial charge in [-0.1, -0.05) is 23.8 Å². The lowest BCUT2D eigenvalue weighted by molar-refractivity contribution is 0.223. The van der Waals surface area contributed by atoms with E-state index in [1.54, 1.807) is 0 Å². The van der Waals surface area contributed by atoms with Gasteiger partial charge in [0.15, 0.2) is 0 Å². The molecule has 1 N–H and O–H groups in total. The molecule has 0 heterocycles. The molecule has 0 saturated heterocycles. The van der Waals surface area contributed by atoms with E-state index in [2.05, 4.69) is 19.6 Å². The van der Waals surface area contributed by atoms with Crippen LogP contribution in [0.3, 0.4) is 0 Å². The third kappa shape index (κ3) is 1.71. The smallest absolute Gasteiger partial charge is 0.0465 e. The van der Waals surface area contributed by atoms with Crippen molar-refractivity contribution < 1.29 is 5.11 Å². The maximum Gasteiger partial charge on any atom is 0.0465 e. The summed E-state index contributed by atoms with van der Waals surface area (Å²) in [6.07, 6.45) is 4.12. The van der Waals surface area contributed by atoms with Crippen molar-refractivity contribution in [2.45, 2.75) is 19.8 Å². The third-order valence-electron chi connectivity index (χ3n) is 1.87. The summed E-state index contributed by atoms with van der Waals surface area (Å²) in [5.41, 5.74) is 2.50. The third-order valence-corrected chi connectivity index (χ3v) is 1.87. The second kappa shape index (κ2) is 3.02. The molecule has 0 spiro atoms. The lowest BCUT2D eigenvalue weighted by atomic mass is 9.88. The highest BCUT2D eigenvalue weighted by Gasteiger charge is 2.13. The van der Waals surface area contributed by atoms with E-state index < -0.39 is 0 Å². The van der Waals surface area contributed by atoms with Crippen LogP contribution >= 0.6 is 0 Å². The first kappa shape index (κ1) is 7.55. The number of hydrogen-bond acceptors (Lipinski definition) is 1. The van der Waals surface area contributed by atoms with E-state index in [1.807, 2.05) is 0 Å². The van der Waals surface area contributed by atoms with Gasteiger partial charge in [0.05, 0.1) is 0 Å². The standard InChI is InChI=1S/C9H14O/c1-7-3-8(2)5-9(4-7)6-10/h3,9-10H,1,4-6H2,2H3. The zero-order chi connectivity index (χ0) is 7.56. The van der Waals surface area contributed by atoms with Crippen LogP contribution < -0.4 is 0 Å². The van der Waals surface area contributed by atoms with Gasteiger partial charge in [0.2, 0.25) is 0 Å². The predicted octanol–water partition coefficient (Wildman–Crippen LogP) is 1.89. The van der Waals surface area contributed by atoms with Crippen molar-refractivity contribution in [1.29, 1.82) is 0 Å². The Hall–Kier alpha value is -0.560. The van der Waals surface area contributed by atoms with Crippen LogP contribution in [0.1, 0.15) is 19.8 Å². The largest absolute Gasteiger partial charge is 0.396 e. The maximum atomic E-state index is 8.86. The molecule has 0 aliphatic heterocycles. The summed E-state index contributed by atoms with van der Waals surface area (Å²) in [6.45, 7) is 6.26. The minimum atomic E-state index is 0.296. The van der Waals surface area contributed by atoms with Gasteiger partial charge in [-0.3, -0.25) is 0 Å². The first-order valence-electron chi connectivity index (χ1n) is 3.68. The average molecular weight is 138 g/mol. The fourth-order valence-electron chi connectivity index (χ4n) is 1.49. The van der Waals surface area contributed by atoms with Crippen molar-refractivity contribution in [1.82, 2.24) is 0 Å². The average Bonchev–Trinajstić information content (AvgIpc) is 1.85. The van der Waals surface area contributed by atoms with E-state index in [1.165, 1.54) is 5.57 Å². The Labute approximate surface area is 62.1 Å². The second-order valence-corrected chi connectivity index (χ2v) is 3.11. The van der Waals surface area contributed by atoms with E-state index in [4.69, 9.17) is 5.11 Å². The normalized spacial score (nSPS) is 26.4. The molecule has 0 aromatic carbocycles. The van der Waals surface area contributed by atoms with E-state index in [0.29, 0.717) is 12.5 Å². The molecule has 0 fully saturated rings. The van der Waals surface area contributed by atoms with Crippen molar-refractivity contribution in [2.24, 2.45) is 5.92 Å². The van der Waals surface area contributed by atoms with Crippen molar-refractivity contribution >= 4 is 0 Å². The molecule has 0 radical (unpaired) electrons. The minimum Gasteiger partial charge on any atom is -0.396 e. The van der Waals surface area contributed by atoms with Gasteiger partial charge >= 0.3 is 0 Å². The Morgan fingerprint density at radius 3 is 2.90 bits per heavy atom. The highest BCUT2D eigenvalue weighted by molar-refractivity contribution is 5.24. The predicted molar refractivity (Wildman–Crippen MR) is 42.7 cm³/mol. The molecule has 0 saturated carbocycles. The topological polar surface area (TPSA) is 20.2 Å². The van der Waals surface area contributed by atoms with Gasteiger partial charge in [-0.15, -0.1) is 0 Å². The molecule has 0 amide bonds. The fourth-order valence-corrected chi connectivity index (χ4v) is 1.49. The molecule has 0 bridgehead atoms. The van der Waals surface area contributed by atoms with Crippen molar-refractivity contribution in [3.8, 4) is 0 Å². The summed E-state index contributed by atoms with van der Waals surface area (Å²) in [7, 11) is 0. The molecule has 1 rings (SSSR count). The van der Waals surface area contributed by atoms with E-state index >= 15 is 0 Å². The van der Waals surface area contributed by atoms with Crippen LogP contribution in [0.4, 0.5) is 0 Å². The van der Waals surface area contributed by atoms with Gasteiger partial charge in [0, 0.05) is 6.61 Å². The number of aliphatic hydroxyl groups excluding tert-OH is 1. The van der Waals surface area contributed by atoms with Crippen LogP contribution in [-0.2, 0) is 0 Å². The monoisotopic (exact) mass is 138 g/mol. The second-order valence-electron chi connectivity index (χ2n) is 3.11. The van der Waals surface area contributed by atoms with Gasteiger partial charge in [0.25, 0.3) is 0 Å². The summed E-state index contributed by atoms with van der Waals surface area (Å²) < 4.78 is 0. The van der Waals surface area contributed by atoms with Crippen molar-refractivity contribution in [3.63, 3.8) is 0 Å². The molecule has 10 heavy (non-hydrogen) atoms. The first-order chi connectivity index (χ1) is 4.72. The molecule has 1 atom stereocenters. The van der Waals surface area contributed by atoms with E-state index in [9.17, 15) is 0 Å². The Kier molecular flexibility index (Phi) is 2.28. The number of allylic oxidation sites excluding steroid dienone is 3.